The number of nitrogens with zero attached hydrogens (tertiary/aromatic N) is 7. The number of aromatic nitrogens is 4. The maximum atomic E-state index is 12.9. The number of carbonyl (C=O) groups is 3. The molecular weight excluding hydrogens is 398 g/mol. The fraction of sp³-hybridized carbons (Fsp3) is 0.571. The molecule has 0 radical (unpaired) electrons. The van der Waals surface area contributed by atoms with Gasteiger partial charge in [-0.3, -0.25) is 23.7 Å². The zero-order valence-corrected chi connectivity index (χ0v) is 18.7. The van der Waals surface area contributed by atoms with E-state index in [1.807, 2.05) is 26.2 Å². The summed E-state index contributed by atoms with van der Waals surface area (Å²) < 4.78 is 3.47. The Kier molecular flexibility index (Phi) is 7.09. The van der Waals surface area contributed by atoms with Crippen molar-refractivity contribution in [3.8, 4) is 0 Å². The van der Waals surface area contributed by atoms with Crippen LogP contribution in [0.15, 0.2) is 24.8 Å². The van der Waals surface area contributed by atoms with Crippen LogP contribution in [0.2, 0.25) is 0 Å². The molecule has 1 aliphatic rings. The normalized spacial score (nSPS) is 16.5. The molecule has 168 valence electrons. The van der Waals surface area contributed by atoms with Crippen molar-refractivity contribution in [2.24, 2.45) is 0 Å². The Balaban J connectivity index is 1.61. The van der Waals surface area contributed by atoms with Crippen molar-refractivity contribution in [3.63, 3.8) is 0 Å². The second kappa shape index (κ2) is 9.76. The quantitative estimate of drug-likeness (QED) is 0.631. The minimum Gasteiger partial charge on any atom is -0.347 e. The molecule has 10 heteroatoms. The van der Waals surface area contributed by atoms with Gasteiger partial charge in [-0.05, 0) is 25.0 Å². The molecule has 0 bridgehead atoms. The smallest absolute Gasteiger partial charge is 0.246 e. The molecule has 10 nitrogen and oxygen atoms in total. The lowest BCUT2D eigenvalue weighted by atomic mass is 10.1. The van der Waals surface area contributed by atoms with E-state index in [2.05, 4.69) is 10.2 Å². The molecule has 1 fully saturated rings. The Bertz CT molecular complexity index is 933. The highest BCUT2D eigenvalue weighted by Gasteiger charge is 2.37. The molecule has 2 aromatic heterocycles. The summed E-state index contributed by atoms with van der Waals surface area (Å²) in [6.45, 7) is 5.81. The zero-order valence-electron chi connectivity index (χ0n) is 18.7. The average Bonchev–Trinajstić information content (AvgIpc) is 3.36. The van der Waals surface area contributed by atoms with Crippen molar-refractivity contribution in [2.75, 3.05) is 33.7 Å². The fourth-order valence-electron chi connectivity index (χ4n) is 3.72. The maximum Gasteiger partial charge on any atom is 0.246 e. The Labute approximate surface area is 182 Å². The summed E-state index contributed by atoms with van der Waals surface area (Å²) >= 11 is 0. The van der Waals surface area contributed by atoms with Crippen LogP contribution in [-0.4, -0.2) is 91.8 Å². The topological polar surface area (TPSA) is 96.6 Å². The Morgan fingerprint density at radius 3 is 1.97 bits per heavy atom. The van der Waals surface area contributed by atoms with Crippen LogP contribution in [0.3, 0.4) is 0 Å². The molecule has 0 aliphatic carbocycles. The van der Waals surface area contributed by atoms with Gasteiger partial charge in [0.05, 0.1) is 18.9 Å². The summed E-state index contributed by atoms with van der Waals surface area (Å²) in [5.41, 5.74) is 2.08. The second-order valence-electron chi connectivity index (χ2n) is 8.24. The molecule has 3 amide bonds. The van der Waals surface area contributed by atoms with Gasteiger partial charge in [-0.1, -0.05) is 0 Å². The SMILES string of the molecule is Cc1cnn(CCC(=O)N2CCN(C(=O)CCn3cc(C)cn3)[C@@H](C(=O)N(C)C)C2)c1. The number of hydrogen-bond acceptors (Lipinski definition) is 5. The van der Waals surface area contributed by atoms with Crippen LogP contribution >= 0.6 is 0 Å². The number of amides is 3. The molecule has 0 aromatic carbocycles. The van der Waals surface area contributed by atoms with Crippen LogP contribution < -0.4 is 0 Å². The molecular formula is C21H31N7O3. The second-order valence-corrected chi connectivity index (χ2v) is 8.24. The first kappa shape index (κ1) is 22.5. The van der Waals surface area contributed by atoms with Crippen LogP contribution in [0.25, 0.3) is 0 Å². The van der Waals surface area contributed by atoms with Crippen LogP contribution in [0.1, 0.15) is 24.0 Å². The first-order valence-corrected chi connectivity index (χ1v) is 10.5. The lowest BCUT2D eigenvalue weighted by molar-refractivity contribution is -0.151. The molecule has 0 spiro atoms. The molecule has 2 aromatic rings. The van der Waals surface area contributed by atoms with Gasteiger partial charge in [-0.15, -0.1) is 0 Å². The van der Waals surface area contributed by atoms with Gasteiger partial charge in [0.1, 0.15) is 6.04 Å². The monoisotopic (exact) mass is 429 g/mol. The number of carbonyl (C=O) groups excluding carboxylic acids is 3. The van der Waals surface area contributed by atoms with Gasteiger partial charge in [0.25, 0.3) is 0 Å². The van der Waals surface area contributed by atoms with E-state index in [4.69, 9.17) is 0 Å². The highest BCUT2D eigenvalue weighted by Crippen LogP contribution is 2.15. The lowest BCUT2D eigenvalue weighted by Crippen LogP contribution is -2.61. The third-order valence-electron chi connectivity index (χ3n) is 5.41. The van der Waals surface area contributed by atoms with Crippen LogP contribution in [0, 0.1) is 13.8 Å². The third-order valence-corrected chi connectivity index (χ3v) is 5.41. The van der Waals surface area contributed by atoms with Crippen LogP contribution in [0.5, 0.6) is 0 Å². The average molecular weight is 430 g/mol. The molecule has 0 N–H and O–H groups in total. The van der Waals surface area contributed by atoms with Crippen molar-refractivity contribution >= 4 is 17.7 Å². The van der Waals surface area contributed by atoms with Crippen LogP contribution in [0.4, 0.5) is 0 Å². The van der Waals surface area contributed by atoms with Crippen molar-refractivity contribution in [2.45, 2.75) is 45.8 Å². The molecule has 1 aliphatic heterocycles. The van der Waals surface area contributed by atoms with Gasteiger partial charge in [0, 0.05) is 65.5 Å². The summed E-state index contributed by atoms with van der Waals surface area (Å²) in [6.07, 6.45) is 7.83. The zero-order chi connectivity index (χ0) is 22.5. The number of piperazine rings is 1. The molecule has 0 saturated carbocycles. The lowest BCUT2D eigenvalue weighted by Gasteiger charge is -2.41. The predicted octanol–water partition coefficient (Wildman–Crippen LogP) is 0.304. The third kappa shape index (κ3) is 5.71. The van der Waals surface area contributed by atoms with E-state index in [1.165, 1.54) is 4.90 Å². The molecule has 31 heavy (non-hydrogen) atoms. The van der Waals surface area contributed by atoms with Crippen molar-refractivity contribution < 1.29 is 14.4 Å². The summed E-state index contributed by atoms with van der Waals surface area (Å²) in [4.78, 5) is 43.2. The number of likely N-dealkylation sites (N-methyl/N-ethyl adjacent to an activating group) is 1. The summed E-state index contributed by atoms with van der Waals surface area (Å²) in [7, 11) is 3.33. The standard InChI is InChI=1S/C21H31N7O3/c1-16-11-22-26(13-16)7-5-19(29)25-9-10-28(18(15-25)21(31)24(3)4)20(30)6-8-27-14-17(2)12-23-27/h11-14,18H,5-10,15H2,1-4H3/t18-/m1/s1. The minimum absolute atomic E-state index is 0.0381. The van der Waals surface area contributed by atoms with Gasteiger partial charge >= 0.3 is 0 Å². The highest BCUT2D eigenvalue weighted by molar-refractivity contribution is 5.89. The number of aryl methyl sites for hydroxylation is 4. The fourth-order valence-corrected chi connectivity index (χ4v) is 3.72. The molecule has 1 atom stereocenters. The van der Waals surface area contributed by atoms with E-state index < -0.39 is 6.04 Å². The summed E-state index contributed by atoms with van der Waals surface area (Å²) in [5.74, 6) is -0.320. The molecule has 3 heterocycles. The Morgan fingerprint density at radius 1 is 0.935 bits per heavy atom. The number of hydrogen-bond donors (Lipinski definition) is 0. The number of rotatable bonds is 7. The Hall–Kier alpha value is -3.17. The van der Waals surface area contributed by atoms with Gasteiger partial charge < -0.3 is 14.7 Å². The van der Waals surface area contributed by atoms with Gasteiger partial charge in [0.15, 0.2) is 0 Å². The van der Waals surface area contributed by atoms with Gasteiger partial charge in [-0.2, -0.15) is 10.2 Å². The van der Waals surface area contributed by atoms with Crippen molar-refractivity contribution in [1.29, 1.82) is 0 Å². The van der Waals surface area contributed by atoms with E-state index in [0.717, 1.165) is 11.1 Å². The highest BCUT2D eigenvalue weighted by atomic mass is 16.2. The molecule has 0 unspecified atom stereocenters. The minimum atomic E-state index is -0.675. The largest absolute Gasteiger partial charge is 0.347 e. The van der Waals surface area contributed by atoms with E-state index in [0.29, 0.717) is 32.6 Å². The first-order valence-electron chi connectivity index (χ1n) is 10.5. The first-order chi connectivity index (χ1) is 14.7. The van der Waals surface area contributed by atoms with Gasteiger partial charge in [-0.25, -0.2) is 0 Å². The van der Waals surface area contributed by atoms with Crippen molar-refractivity contribution in [1.82, 2.24) is 34.3 Å². The van der Waals surface area contributed by atoms with E-state index >= 15 is 0 Å². The summed E-state index contributed by atoms with van der Waals surface area (Å²) in [6, 6.07) is -0.675. The Morgan fingerprint density at radius 2 is 1.48 bits per heavy atom. The van der Waals surface area contributed by atoms with Gasteiger partial charge in [0.2, 0.25) is 17.7 Å². The maximum absolute atomic E-state index is 12.9. The van der Waals surface area contributed by atoms with E-state index in [-0.39, 0.29) is 30.7 Å². The van der Waals surface area contributed by atoms with E-state index in [9.17, 15) is 14.4 Å². The summed E-state index contributed by atoms with van der Waals surface area (Å²) in [5, 5.41) is 8.41. The molecule has 1 saturated heterocycles. The van der Waals surface area contributed by atoms with Crippen molar-refractivity contribution in [3.05, 3.63) is 35.9 Å². The molecule has 3 rings (SSSR count). The van der Waals surface area contributed by atoms with E-state index in [1.54, 1.807) is 45.7 Å². The predicted molar refractivity (Wildman–Crippen MR) is 114 cm³/mol. The van der Waals surface area contributed by atoms with Crippen LogP contribution in [-0.2, 0) is 27.5 Å².